The maximum absolute atomic E-state index is 12.3. The minimum atomic E-state index is -0.0210. The summed E-state index contributed by atoms with van der Waals surface area (Å²) in [7, 11) is 0. The Bertz CT molecular complexity index is 428. The van der Waals surface area contributed by atoms with Gasteiger partial charge in [0, 0.05) is 43.3 Å². The van der Waals surface area contributed by atoms with Crippen LogP contribution in [0.25, 0.3) is 0 Å². The Kier molecular flexibility index (Phi) is 3.79. The van der Waals surface area contributed by atoms with Gasteiger partial charge < -0.3 is 14.8 Å². The summed E-state index contributed by atoms with van der Waals surface area (Å²) in [5.74, 6) is 0.251. The molecule has 1 amide bonds. The van der Waals surface area contributed by atoms with Crippen molar-refractivity contribution in [2.24, 2.45) is 0 Å². The summed E-state index contributed by atoms with van der Waals surface area (Å²) in [6.07, 6.45) is 8.56. The normalized spacial score (nSPS) is 28.8. The maximum atomic E-state index is 12.3. The highest BCUT2D eigenvalue weighted by molar-refractivity contribution is 7.81. The molecule has 2 aliphatic rings. The van der Waals surface area contributed by atoms with Gasteiger partial charge in [0.05, 0.1) is 12.4 Å². The first kappa shape index (κ1) is 13.0. The van der Waals surface area contributed by atoms with Gasteiger partial charge in [-0.25, -0.2) is 4.98 Å². The molecule has 2 atom stereocenters. The standard InChI is InChI=1S/C13H20N4OS/c18-13(12-7-11(19)8-15-12)16-4-1-10(2-5-16)17-6-3-14-9-17/h3,6,9-12,15,19H,1-2,4-5,7-8H2/t11-,12-/m0/s1. The molecule has 3 rings (SSSR count). The van der Waals surface area contributed by atoms with Gasteiger partial charge in [-0.1, -0.05) is 0 Å². The van der Waals surface area contributed by atoms with Gasteiger partial charge in [-0.05, 0) is 19.3 Å². The van der Waals surface area contributed by atoms with Crippen molar-refractivity contribution in [2.45, 2.75) is 36.6 Å². The molecule has 104 valence electrons. The molecule has 0 spiro atoms. The third-order valence-corrected chi connectivity index (χ3v) is 4.52. The van der Waals surface area contributed by atoms with Crippen LogP contribution >= 0.6 is 12.6 Å². The Balaban J connectivity index is 1.54. The fourth-order valence-corrected chi connectivity index (χ4v) is 3.31. The lowest BCUT2D eigenvalue weighted by atomic mass is 10.0. The molecule has 0 unspecified atom stereocenters. The summed E-state index contributed by atoms with van der Waals surface area (Å²) in [5.41, 5.74) is 0. The van der Waals surface area contributed by atoms with Crippen LogP contribution in [0, 0.1) is 0 Å². The quantitative estimate of drug-likeness (QED) is 0.784. The van der Waals surface area contributed by atoms with E-state index in [1.54, 1.807) is 0 Å². The van der Waals surface area contributed by atoms with E-state index >= 15 is 0 Å². The smallest absolute Gasteiger partial charge is 0.239 e. The van der Waals surface area contributed by atoms with E-state index in [9.17, 15) is 4.79 Å². The van der Waals surface area contributed by atoms with E-state index in [0.29, 0.717) is 11.3 Å². The maximum Gasteiger partial charge on any atom is 0.239 e. The summed E-state index contributed by atoms with van der Waals surface area (Å²) in [6.45, 7) is 2.53. The molecule has 1 aromatic rings. The van der Waals surface area contributed by atoms with Crippen molar-refractivity contribution in [2.75, 3.05) is 19.6 Å². The molecule has 2 fully saturated rings. The first-order valence-corrected chi connectivity index (χ1v) is 7.43. The first-order valence-electron chi connectivity index (χ1n) is 6.91. The lowest BCUT2D eigenvalue weighted by Gasteiger charge is -2.34. The summed E-state index contributed by atoms with van der Waals surface area (Å²) in [5, 5.41) is 3.58. The molecular formula is C13H20N4OS. The second kappa shape index (κ2) is 5.54. The average molecular weight is 280 g/mol. The number of imidazole rings is 1. The van der Waals surface area contributed by atoms with E-state index in [2.05, 4.69) is 27.5 Å². The molecule has 0 radical (unpaired) electrons. The third kappa shape index (κ3) is 2.79. The number of carbonyl (C=O) groups excluding carboxylic acids is 1. The van der Waals surface area contributed by atoms with E-state index in [1.807, 2.05) is 23.6 Å². The van der Waals surface area contributed by atoms with Crippen molar-refractivity contribution in [1.29, 1.82) is 0 Å². The number of likely N-dealkylation sites (tertiary alicyclic amines) is 1. The fourth-order valence-electron chi connectivity index (χ4n) is 3.00. The van der Waals surface area contributed by atoms with Crippen molar-refractivity contribution in [3.05, 3.63) is 18.7 Å². The lowest BCUT2D eigenvalue weighted by molar-refractivity contribution is -0.134. The number of hydrogen-bond donors (Lipinski definition) is 2. The predicted molar refractivity (Wildman–Crippen MR) is 76.3 cm³/mol. The van der Waals surface area contributed by atoms with Crippen LogP contribution in [0.15, 0.2) is 18.7 Å². The van der Waals surface area contributed by atoms with Crippen LogP contribution in [-0.2, 0) is 4.79 Å². The van der Waals surface area contributed by atoms with Crippen LogP contribution in [0.4, 0.5) is 0 Å². The van der Waals surface area contributed by atoms with Crippen LogP contribution in [0.2, 0.25) is 0 Å². The summed E-state index contributed by atoms with van der Waals surface area (Å²) in [6, 6.07) is 0.466. The van der Waals surface area contributed by atoms with Gasteiger partial charge in [-0.15, -0.1) is 0 Å². The highest BCUT2D eigenvalue weighted by atomic mass is 32.1. The highest BCUT2D eigenvalue weighted by Gasteiger charge is 2.32. The number of rotatable bonds is 2. The highest BCUT2D eigenvalue weighted by Crippen LogP contribution is 2.23. The Hall–Kier alpha value is -1.01. The van der Waals surface area contributed by atoms with Crippen molar-refractivity contribution < 1.29 is 4.79 Å². The Morgan fingerprint density at radius 2 is 2.16 bits per heavy atom. The Morgan fingerprint density at radius 1 is 1.37 bits per heavy atom. The minimum absolute atomic E-state index is 0.0210. The van der Waals surface area contributed by atoms with Gasteiger partial charge in [-0.3, -0.25) is 4.79 Å². The number of amides is 1. The van der Waals surface area contributed by atoms with Gasteiger partial charge in [0.2, 0.25) is 5.91 Å². The lowest BCUT2D eigenvalue weighted by Crippen LogP contribution is -2.47. The predicted octanol–water partition coefficient (Wildman–Crippen LogP) is 0.707. The monoisotopic (exact) mass is 280 g/mol. The van der Waals surface area contributed by atoms with E-state index in [1.165, 1.54) is 0 Å². The van der Waals surface area contributed by atoms with E-state index in [4.69, 9.17) is 0 Å². The molecule has 2 saturated heterocycles. The van der Waals surface area contributed by atoms with Crippen molar-refractivity contribution in [3.63, 3.8) is 0 Å². The molecular weight excluding hydrogens is 260 g/mol. The molecule has 0 bridgehead atoms. The Labute approximate surface area is 118 Å². The molecule has 0 aliphatic carbocycles. The van der Waals surface area contributed by atoms with Gasteiger partial charge in [0.25, 0.3) is 0 Å². The first-order chi connectivity index (χ1) is 9.24. The molecule has 19 heavy (non-hydrogen) atoms. The SMILES string of the molecule is O=C([C@@H]1C[C@H](S)CN1)N1CCC(n2ccnc2)CC1. The van der Waals surface area contributed by atoms with Gasteiger partial charge in [0.1, 0.15) is 0 Å². The third-order valence-electron chi connectivity index (χ3n) is 4.13. The fraction of sp³-hybridized carbons (Fsp3) is 0.692. The van der Waals surface area contributed by atoms with Crippen LogP contribution in [0.3, 0.4) is 0 Å². The van der Waals surface area contributed by atoms with Gasteiger partial charge in [-0.2, -0.15) is 12.6 Å². The molecule has 0 saturated carbocycles. The van der Waals surface area contributed by atoms with Gasteiger partial charge >= 0.3 is 0 Å². The van der Waals surface area contributed by atoms with Crippen LogP contribution in [-0.4, -0.2) is 51.3 Å². The van der Waals surface area contributed by atoms with Crippen LogP contribution < -0.4 is 5.32 Å². The van der Waals surface area contributed by atoms with Gasteiger partial charge in [0.15, 0.2) is 0 Å². The molecule has 3 heterocycles. The second-order valence-corrected chi connectivity index (χ2v) is 6.15. The molecule has 6 heteroatoms. The molecule has 2 aliphatic heterocycles. The summed E-state index contributed by atoms with van der Waals surface area (Å²) >= 11 is 4.42. The van der Waals surface area contributed by atoms with Crippen molar-refractivity contribution in [1.82, 2.24) is 19.8 Å². The number of hydrogen-bond acceptors (Lipinski definition) is 4. The number of aromatic nitrogens is 2. The number of nitrogens with one attached hydrogen (secondary N) is 1. The number of nitrogens with zero attached hydrogens (tertiary/aromatic N) is 3. The van der Waals surface area contributed by atoms with Crippen molar-refractivity contribution >= 4 is 18.5 Å². The zero-order valence-electron chi connectivity index (χ0n) is 10.9. The number of carbonyl (C=O) groups is 1. The number of piperidine rings is 1. The largest absolute Gasteiger partial charge is 0.341 e. The Morgan fingerprint density at radius 3 is 2.74 bits per heavy atom. The molecule has 5 nitrogen and oxygen atoms in total. The average Bonchev–Trinajstić information content (AvgIpc) is 3.09. The minimum Gasteiger partial charge on any atom is -0.341 e. The zero-order valence-corrected chi connectivity index (χ0v) is 11.8. The van der Waals surface area contributed by atoms with Crippen LogP contribution in [0.5, 0.6) is 0 Å². The van der Waals surface area contributed by atoms with E-state index in [-0.39, 0.29) is 11.9 Å². The van der Waals surface area contributed by atoms with Crippen molar-refractivity contribution in [3.8, 4) is 0 Å². The zero-order chi connectivity index (χ0) is 13.2. The van der Waals surface area contributed by atoms with E-state index < -0.39 is 0 Å². The molecule has 1 N–H and O–H groups in total. The summed E-state index contributed by atoms with van der Waals surface area (Å²) < 4.78 is 2.15. The topological polar surface area (TPSA) is 50.2 Å². The van der Waals surface area contributed by atoms with E-state index in [0.717, 1.165) is 38.9 Å². The summed E-state index contributed by atoms with van der Waals surface area (Å²) in [4.78, 5) is 18.4. The van der Waals surface area contributed by atoms with Crippen LogP contribution in [0.1, 0.15) is 25.3 Å². The molecule has 0 aromatic carbocycles. The molecule has 1 aromatic heterocycles. The second-order valence-electron chi connectivity index (χ2n) is 5.42. The number of thiol groups is 1.